The standard InChI is InChI=1S/C22H22N2O4S/c1-15-13-16(19-5-2-3-6-20(19)24-15)14-28-17-8-10-18(11-9-17)29(26,27)22(25)21-7-4-12-23-21/h2-3,5-6,8-11,13,21,23H,4,7,12,14H2,1H3. The van der Waals surface area contributed by atoms with Gasteiger partial charge in [0.15, 0.2) is 0 Å². The number of sulfone groups is 1. The molecule has 1 aliphatic rings. The van der Waals surface area contributed by atoms with Crippen LogP contribution in [0.3, 0.4) is 0 Å². The fourth-order valence-corrected chi connectivity index (χ4v) is 4.88. The lowest BCUT2D eigenvalue weighted by Gasteiger charge is -2.12. The molecule has 1 atom stereocenters. The van der Waals surface area contributed by atoms with Crippen molar-refractivity contribution in [3.8, 4) is 5.75 Å². The number of aryl methyl sites for hydroxylation is 1. The first kappa shape index (κ1) is 19.5. The van der Waals surface area contributed by atoms with Gasteiger partial charge < -0.3 is 10.1 Å². The van der Waals surface area contributed by atoms with Crippen molar-refractivity contribution in [1.29, 1.82) is 0 Å². The maximum Gasteiger partial charge on any atom is 0.267 e. The lowest BCUT2D eigenvalue weighted by molar-refractivity contribution is -0.113. The molecule has 6 nitrogen and oxygen atoms in total. The predicted molar refractivity (Wildman–Crippen MR) is 110 cm³/mol. The summed E-state index contributed by atoms with van der Waals surface area (Å²) >= 11 is 0. The van der Waals surface area contributed by atoms with Crippen LogP contribution >= 0.6 is 0 Å². The van der Waals surface area contributed by atoms with Gasteiger partial charge in [-0.15, -0.1) is 0 Å². The molecular formula is C22H22N2O4S. The van der Waals surface area contributed by atoms with E-state index in [1.165, 1.54) is 12.1 Å². The van der Waals surface area contributed by atoms with Crippen molar-refractivity contribution in [3.05, 3.63) is 65.9 Å². The maximum atomic E-state index is 12.6. The number of nitrogens with one attached hydrogen (secondary N) is 1. The van der Waals surface area contributed by atoms with Crippen LogP contribution in [0.4, 0.5) is 0 Å². The number of nitrogens with zero attached hydrogens (tertiary/aromatic N) is 1. The summed E-state index contributed by atoms with van der Waals surface area (Å²) in [4.78, 5) is 16.8. The van der Waals surface area contributed by atoms with Crippen molar-refractivity contribution < 1.29 is 17.9 Å². The highest BCUT2D eigenvalue weighted by Crippen LogP contribution is 2.23. The van der Waals surface area contributed by atoms with Crippen LogP contribution in [0.15, 0.2) is 59.5 Å². The molecule has 0 radical (unpaired) electrons. The minimum Gasteiger partial charge on any atom is -0.489 e. The van der Waals surface area contributed by atoms with E-state index in [4.69, 9.17) is 4.74 Å². The van der Waals surface area contributed by atoms with Gasteiger partial charge in [-0.05, 0) is 62.7 Å². The third kappa shape index (κ3) is 4.02. The number of rotatable bonds is 5. The summed E-state index contributed by atoms with van der Waals surface area (Å²) in [5.74, 6) is 0.536. The monoisotopic (exact) mass is 410 g/mol. The summed E-state index contributed by atoms with van der Waals surface area (Å²) in [6, 6.07) is 15.2. The molecule has 29 heavy (non-hydrogen) atoms. The Hall–Kier alpha value is -2.77. The first-order chi connectivity index (χ1) is 13.9. The van der Waals surface area contributed by atoms with Crippen molar-refractivity contribution in [1.82, 2.24) is 10.3 Å². The quantitative estimate of drug-likeness (QED) is 0.695. The maximum absolute atomic E-state index is 12.6. The molecule has 4 rings (SSSR count). The molecule has 0 spiro atoms. The van der Waals surface area contributed by atoms with Gasteiger partial charge >= 0.3 is 0 Å². The fraction of sp³-hybridized carbons (Fsp3) is 0.273. The Morgan fingerprint density at radius 1 is 1.17 bits per heavy atom. The van der Waals surface area contributed by atoms with E-state index in [9.17, 15) is 13.2 Å². The second-order valence-electron chi connectivity index (χ2n) is 7.17. The van der Waals surface area contributed by atoms with Crippen molar-refractivity contribution in [3.63, 3.8) is 0 Å². The van der Waals surface area contributed by atoms with E-state index in [1.54, 1.807) is 12.1 Å². The van der Waals surface area contributed by atoms with Crippen LogP contribution in [0.1, 0.15) is 24.1 Å². The summed E-state index contributed by atoms with van der Waals surface area (Å²) in [7, 11) is -4.01. The largest absolute Gasteiger partial charge is 0.489 e. The number of hydrogen-bond donors (Lipinski definition) is 1. The van der Waals surface area contributed by atoms with Crippen LogP contribution in [0.25, 0.3) is 10.9 Å². The molecule has 1 N–H and O–H groups in total. The van der Waals surface area contributed by atoms with E-state index in [0.717, 1.165) is 28.6 Å². The third-order valence-electron chi connectivity index (χ3n) is 5.07. The number of para-hydroxylation sites is 1. The van der Waals surface area contributed by atoms with E-state index in [-0.39, 0.29) is 4.90 Å². The molecule has 1 unspecified atom stereocenters. The van der Waals surface area contributed by atoms with Crippen LogP contribution in [-0.4, -0.2) is 31.1 Å². The first-order valence-electron chi connectivity index (χ1n) is 9.55. The van der Waals surface area contributed by atoms with Gasteiger partial charge in [0.1, 0.15) is 12.4 Å². The smallest absolute Gasteiger partial charge is 0.267 e. The van der Waals surface area contributed by atoms with Crippen LogP contribution < -0.4 is 10.1 Å². The molecule has 2 heterocycles. The summed E-state index contributed by atoms with van der Waals surface area (Å²) in [6.07, 6.45) is 1.36. The average Bonchev–Trinajstić information content (AvgIpc) is 3.26. The Kier molecular flexibility index (Phi) is 5.34. The number of pyridine rings is 1. The van der Waals surface area contributed by atoms with Crippen LogP contribution in [0.2, 0.25) is 0 Å². The van der Waals surface area contributed by atoms with Gasteiger partial charge in [0.2, 0.25) is 9.84 Å². The minimum absolute atomic E-state index is 0.00578. The molecule has 1 aromatic heterocycles. The van der Waals surface area contributed by atoms with Crippen molar-refractivity contribution in [2.75, 3.05) is 6.54 Å². The minimum atomic E-state index is -4.01. The van der Waals surface area contributed by atoms with Crippen LogP contribution in [0, 0.1) is 6.92 Å². The highest BCUT2D eigenvalue weighted by Gasteiger charge is 2.33. The van der Waals surface area contributed by atoms with Crippen LogP contribution in [0.5, 0.6) is 5.75 Å². The zero-order chi connectivity index (χ0) is 20.4. The van der Waals surface area contributed by atoms with Gasteiger partial charge in [0.05, 0.1) is 16.5 Å². The average molecular weight is 410 g/mol. The predicted octanol–water partition coefficient (Wildman–Crippen LogP) is 3.17. The zero-order valence-corrected chi connectivity index (χ0v) is 16.9. The van der Waals surface area contributed by atoms with E-state index in [0.29, 0.717) is 25.3 Å². The molecule has 0 saturated carbocycles. The molecule has 1 aliphatic heterocycles. The SMILES string of the molecule is Cc1cc(COc2ccc(S(=O)(=O)C(=O)C3CCCN3)cc2)c2ccccc2n1. The molecular weight excluding hydrogens is 388 g/mol. The number of aromatic nitrogens is 1. The zero-order valence-electron chi connectivity index (χ0n) is 16.1. The Balaban J connectivity index is 1.50. The van der Waals surface area contributed by atoms with Crippen molar-refractivity contribution in [2.45, 2.75) is 37.3 Å². The van der Waals surface area contributed by atoms with Crippen molar-refractivity contribution >= 4 is 25.9 Å². The lowest BCUT2D eigenvalue weighted by Crippen LogP contribution is -2.35. The number of carbonyl (C=O) groups is 1. The first-order valence-corrected chi connectivity index (χ1v) is 11.0. The van der Waals surface area contributed by atoms with Crippen molar-refractivity contribution in [2.24, 2.45) is 0 Å². The van der Waals surface area contributed by atoms with Gasteiger partial charge in [0.25, 0.3) is 5.12 Å². The molecule has 2 aromatic carbocycles. The van der Waals surface area contributed by atoms with Gasteiger partial charge in [-0.25, -0.2) is 8.42 Å². The van der Waals surface area contributed by atoms with Gasteiger partial charge in [0, 0.05) is 16.6 Å². The molecule has 0 bridgehead atoms. The second kappa shape index (κ2) is 7.93. The third-order valence-corrected chi connectivity index (χ3v) is 6.77. The van der Waals surface area contributed by atoms with Gasteiger partial charge in [-0.3, -0.25) is 9.78 Å². The number of fused-ring (bicyclic) bond motifs is 1. The van der Waals surface area contributed by atoms with E-state index < -0.39 is 21.0 Å². The molecule has 1 fully saturated rings. The molecule has 3 aromatic rings. The molecule has 0 aliphatic carbocycles. The lowest BCUT2D eigenvalue weighted by atomic mass is 10.1. The van der Waals surface area contributed by atoms with E-state index >= 15 is 0 Å². The number of ether oxygens (including phenoxy) is 1. The number of carbonyl (C=O) groups excluding carboxylic acids is 1. The highest BCUT2D eigenvalue weighted by molar-refractivity contribution is 8.06. The number of benzene rings is 2. The fourth-order valence-electron chi connectivity index (χ4n) is 3.58. The van der Waals surface area contributed by atoms with Gasteiger partial charge in [-0.2, -0.15) is 0 Å². The summed E-state index contributed by atoms with van der Waals surface area (Å²) in [6.45, 7) is 2.94. The molecule has 150 valence electrons. The van der Waals surface area contributed by atoms with Gasteiger partial charge in [-0.1, -0.05) is 18.2 Å². The molecule has 7 heteroatoms. The van der Waals surface area contributed by atoms with Crippen LogP contribution in [-0.2, 0) is 21.2 Å². The summed E-state index contributed by atoms with van der Waals surface area (Å²) < 4.78 is 31.0. The summed E-state index contributed by atoms with van der Waals surface area (Å²) in [5, 5.41) is 3.20. The Morgan fingerprint density at radius 3 is 2.66 bits per heavy atom. The highest BCUT2D eigenvalue weighted by atomic mass is 32.2. The Labute approximate surface area is 169 Å². The Morgan fingerprint density at radius 2 is 1.93 bits per heavy atom. The van der Waals surface area contributed by atoms with E-state index in [2.05, 4.69) is 10.3 Å². The topological polar surface area (TPSA) is 85.4 Å². The van der Waals surface area contributed by atoms with E-state index in [1.807, 2.05) is 37.3 Å². The molecule has 1 saturated heterocycles. The second-order valence-corrected chi connectivity index (χ2v) is 9.05. The normalized spacial score (nSPS) is 16.8. The number of hydrogen-bond acceptors (Lipinski definition) is 6. The molecule has 0 amide bonds. The summed E-state index contributed by atoms with van der Waals surface area (Å²) in [5.41, 5.74) is 2.82. The Bertz CT molecular complexity index is 1150.